The molecule has 23 heavy (non-hydrogen) atoms. The van der Waals surface area contributed by atoms with Crippen LogP contribution in [0.1, 0.15) is 16.8 Å². The van der Waals surface area contributed by atoms with Crippen molar-refractivity contribution in [2.75, 3.05) is 4.90 Å². The fourth-order valence-electron chi connectivity index (χ4n) is 2.31. The zero-order chi connectivity index (χ0) is 16.2. The van der Waals surface area contributed by atoms with Crippen LogP contribution in [0, 0.1) is 0 Å². The Kier molecular flexibility index (Phi) is 4.11. The van der Waals surface area contributed by atoms with E-state index in [9.17, 15) is 14.4 Å². The molecule has 1 fully saturated rings. The van der Waals surface area contributed by atoms with Gasteiger partial charge in [-0.25, -0.2) is 10.3 Å². The van der Waals surface area contributed by atoms with Gasteiger partial charge in [0.1, 0.15) is 6.04 Å². The molecule has 2 aromatic rings. The number of hydrogen-bond acceptors (Lipinski definition) is 5. The van der Waals surface area contributed by atoms with E-state index in [0.29, 0.717) is 11.3 Å². The molecule has 1 aliphatic rings. The van der Waals surface area contributed by atoms with Crippen LogP contribution in [0.4, 0.5) is 5.69 Å². The maximum absolute atomic E-state index is 12.3. The minimum atomic E-state index is -0.789. The van der Waals surface area contributed by atoms with Crippen molar-refractivity contribution in [3.05, 3.63) is 60.4 Å². The van der Waals surface area contributed by atoms with Crippen LogP contribution >= 0.6 is 0 Å². The average Bonchev–Trinajstić information content (AvgIpc) is 2.88. The molecule has 1 saturated heterocycles. The van der Waals surface area contributed by atoms with E-state index in [1.807, 2.05) is 0 Å². The van der Waals surface area contributed by atoms with Crippen LogP contribution in [0.3, 0.4) is 0 Å². The van der Waals surface area contributed by atoms with E-state index in [-0.39, 0.29) is 12.3 Å². The third kappa shape index (κ3) is 3.09. The highest BCUT2D eigenvalue weighted by Crippen LogP contribution is 2.22. The van der Waals surface area contributed by atoms with Crippen molar-refractivity contribution in [3.8, 4) is 0 Å². The highest BCUT2D eigenvalue weighted by atomic mass is 16.2. The molecule has 1 aromatic carbocycles. The maximum Gasteiger partial charge on any atom is 0.266 e. The van der Waals surface area contributed by atoms with E-state index in [1.54, 1.807) is 48.7 Å². The Hall–Kier alpha value is -3.06. The predicted molar refractivity (Wildman–Crippen MR) is 82.2 cm³/mol. The molecule has 2 heterocycles. The first-order chi connectivity index (χ1) is 11.2. The summed E-state index contributed by atoms with van der Waals surface area (Å²) in [5.74, 6) is -1.13. The Morgan fingerprint density at radius 3 is 2.61 bits per heavy atom. The van der Waals surface area contributed by atoms with E-state index in [0.717, 1.165) is 4.90 Å². The fraction of sp³-hybridized carbons (Fsp3) is 0.125. The number of hydrogen-bond donors (Lipinski definition) is 2. The zero-order valence-corrected chi connectivity index (χ0v) is 12.1. The number of nitrogens with zero attached hydrogens (tertiary/aromatic N) is 2. The van der Waals surface area contributed by atoms with Crippen molar-refractivity contribution in [1.29, 1.82) is 0 Å². The summed E-state index contributed by atoms with van der Waals surface area (Å²) in [6.45, 7) is 0. The van der Waals surface area contributed by atoms with Crippen molar-refractivity contribution < 1.29 is 14.4 Å². The van der Waals surface area contributed by atoms with Crippen molar-refractivity contribution in [3.63, 3.8) is 0 Å². The van der Waals surface area contributed by atoms with Gasteiger partial charge in [-0.05, 0) is 24.3 Å². The molecule has 3 amide bonds. The van der Waals surface area contributed by atoms with Crippen LogP contribution < -0.4 is 15.8 Å². The Balaban J connectivity index is 1.65. The van der Waals surface area contributed by atoms with Gasteiger partial charge in [-0.2, -0.15) is 0 Å². The number of benzene rings is 1. The second-order valence-electron chi connectivity index (χ2n) is 5.00. The quantitative estimate of drug-likeness (QED) is 0.639. The van der Waals surface area contributed by atoms with Gasteiger partial charge in [0, 0.05) is 12.4 Å². The van der Waals surface area contributed by atoms with Gasteiger partial charge in [-0.1, -0.05) is 18.2 Å². The largest absolute Gasteiger partial charge is 0.287 e. The van der Waals surface area contributed by atoms with E-state index in [4.69, 9.17) is 0 Å². The summed E-state index contributed by atoms with van der Waals surface area (Å²) in [6.07, 6.45) is 2.96. The van der Waals surface area contributed by atoms with E-state index >= 15 is 0 Å². The second kappa shape index (κ2) is 6.37. The number of anilines is 1. The number of imide groups is 1. The molecular formula is C16H14N4O3. The number of pyridine rings is 1. The molecule has 3 rings (SSSR count). The molecule has 0 aliphatic carbocycles. The molecule has 116 valence electrons. The van der Waals surface area contributed by atoms with Gasteiger partial charge in [0.25, 0.3) is 11.8 Å². The highest BCUT2D eigenvalue weighted by Gasteiger charge is 2.39. The first-order valence-electron chi connectivity index (χ1n) is 7.04. The van der Waals surface area contributed by atoms with Crippen LogP contribution in [0.15, 0.2) is 54.9 Å². The summed E-state index contributed by atoms with van der Waals surface area (Å²) in [7, 11) is 0. The summed E-state index contributed by atoms with van der Waals surface area (Å²) < 4.78 is 0. The van der Waals surface area contributed by atoms with Gasteiger partial charge in [0.15, 0.2) is 0 Å². The van der Waals surface area contributed by atoms with Crippen molar-refractivity contribution in [2.45, 2.75) is 12.5 Å². The Morgan fingerprint density at radius 1 is 1.13 bits per heavy atom. The van der Waals surface area contributed by atoms with Crippen LogP contribution in [-0.4, -0.2) is 28.7 Å². The van der Waals surface area contributed by atoms with E-state index < -0.39 is 17.9 Å². The van der Waals surface area contributed by atoms with Gasteiger partial charge in [0.2, 0.25) is 5.91 Å². The summed E-state index contributed by atoms with van der Waals surface area (Å²) in [6, 6.07) is 11.1. The molecule has 0 saturated carbocycles. The number of aromatic nitrogens is 1. The molecule has 0 unspecified atom stereocenters. The number of rotatable bonds is 4. The Labute approximate surface area is 132 Å². The van der Waals surface area contributed by atoms with Crippen molar-refractivity contribution in [1.82, 2.24) is 15.8 Å². The Morgan fingerprint density at radius 2 is 1.91 bits per heavy atom. The lowest BCUT2D eigenvalue weighted by molar-refractivity contribution is -0.121. The number of carbonyl (C=O) groups excluding carboxylic acids is 3. The third-order valence-electron chi connectivity index (χ3n) is 3.44. The summed E-state index contributed by atoms with van der Waals surface area (Å²) in [5.41, 5.74) is 5.93. The lowest BCUT2D eigenvalue weighted by Gasteiger charge is -2.15. The van der Waals surface area contributed by atoms with Crippen LogP contribution in [0.5, 0.6) is 0 Å². The minimum Gasteiger partial charge on any atom is -0.287 e. The van der Waals surface area contributed by atoms with Gasteiger partial charge in [0.05, 0.1) is 17.7 Å². The zero-order valence-electron chi connectivity index (χ0n) is 12.1. The molecule has 1 aromatic heterocycles. The number of para-hydroxylation sites is 1. The standard InChI is InChI=1S/C16H14N4O3/c21-14-9-13(16(23)20(14)12-6-2-1-3-7-12)18-19-15(22)11-5-4-8-17-10-11/h1-8,10,13,18H,9H2,(H,19,22)/t13-/m1/s1. The van der Waals surface area contributed by atoms with Crippen LogP contribution in [0.25, 0.3) is 0 Å². The summed E-state index contributed by atoms with van der Waals surface area (Å²) in [4.78, 5) is 41.3. The summed E-state index contributed by atoms with van der Waals surface area (Å²) >= 11 is 0. The Bertz CT molecular complexity index is 734. The van der Waals surface area contributed by atoms with E-state index in [1.165, 1.54) is 6.20 Å². The first-order valence-corrected chi connectivity index (χ1v) is 7.04. The summed E-state index contributed by atoms with van der Waals surface area (Å²) in [5, 5.41) is 0. The molecule has 0 radical (unpaired) electrons. The van der Waals surface area contributed by atoms with Crippen LogP contribution in [-0.2, 0) is 9.59 Å². The van der Waals surface area contributed by atoms with Gasteiger partial charge < -0.3 is 0 Å². The van der Waals surface area contributed by atoms with Gasteiger partial charge in [-0.15, -0.1) is 0 Å². The maximum atomic E-state index is 12.3. The topological polar surface area (TPSA) is 91.4 Å². The van der Waals surface area contributed by atoms with Crippen LogP contribution in [0.2, 0.25) is 0 Å². The highest BCUT2D eigenvalue weighted by molar-refractivity contribution is 6.22. The van der Waals surface area contributed by atoms with Crippen molar-refractivity contribution in [2.24, 2.45) is 0 Å². The molecule has 0 spiro atoms. The first kappa shape index (κ1) is 14.9. The number of amides is 3. The molecule has 1 atom stereocenters. The average molecular weight is 310 g/mol. The minimum absolute atomic E-state index is 0.0128. The fourth-order valence-corrected chi connectivity index (χ4v) is 2.31. The SMILES string of the molecule is O=C(NN[C@@H]1CC(=O)N(c2ccccc2)C1=O)c1cccnc1. The number of hydrazine groups is 1. The normalized spacial score (nSPS) is 17.4. The lowest BCUT2D eigenvalue weighted by Crippen LogP contribution is -2.48. The second-order valence-corrected chi connectivity index (χ2v) is 5.00. The van der Waals surface area contributed by atoms with Gasteiger partial charge >= 0.3 is 0 Å². The molecule has 7 heteroatoms. The smallest absolute Gasteiger partial charge is 0.266 e. The van der Waals surface area contributed by atoms with Crippen molar-refractivity contribution >= 4 is 23.4 Å². The van der Waals surface area contributed by atoms with E-state index in [2.05, 4.69) is 15.8 Å². The number of nitrogens with one attached hydrogen (secondary N) is 2. The molecule has 0 bridgehead atoms. The molecular weight excluding hydrogens is 296 g/mol. The van der Waals surface area contributed by atoms with Gasteiger partial charge in [-0.3, -0.25) is 24.8 Å². The molecule has 7 nitrogen and oxygen atoms in total. The lowest BCUT2D eigenvalue weighted by atomic mass is 10.2. The predicted octanol–water partition coefficient (Wildman–Crippen LogP) is 0.648. The number of carbonyl (C=O) groups is 3. The monoisotopic (exact) mass is 310 g/mol. The third-order valence-corrected chi connectivity index (χ3v) is 3.44. The molecule has 2 N–H and O–H groups in total. The molecule has 1 aliphatic heterocycles.